The van der Waals surface area contributed by atoms with Crippen LogP contribution in [0.15, 0.2) is 30.3 Å². The van der Waals surface area contributed by atoms with Crippen molar-refractivity contribution in [3.05, 3.63) is 35.9 Å². The maximum Gasteiger partial charge on any atom is 0.245 e. The Morgan fingerprint density at radius 2 is 1.58 bits per heavy atom. The number of halogens is 1. The molecule has 10 atom stereocenters. The molecule has 11 nitrogen and oxygen atoms in total. The molecule has 1 heterocycles. The van der Waals surface area contributed by atoms with Crippen molar-refractivity contribution in [2.75, 3.05) is 27.7 Å². The van der Waals surface area contributed by atoms with Gasteiger partial charge in [0.05, 0.1) is 40.8 Å². The van der Waals surface area contributed by atoms with Crippen LogP contribution in [0.25, 0.3) is 0 Å². The number of carbonyl (C=O) groups is 4. The number of hydrogen-bond donors (Lipinski definition) is 3. The molecule has 0 bridgehead atoms. The summed E-state index contributed by atoms with van der Waals surface area (Å²) >= 11 is 2.29. The van der Waals surface area contributed by atoms with Gasteiger partial charge in [-0.1, -0.05) is 108 Å². The second-order valence-corrected chi connectivity index (χ2v) is 17.4. The van der Waals surface area contributed by atoms with Crippen molar-refractivity contribution in [1.29, 1.82) is 0 Å². The summed E-state index contributed by atoms with van der Waals surface area (Å²) < 4.78 is 6.14. The standard InChI is InChI=1S/C40H68IN5O6/c1-13-26(6)36(45(11)40(51)34(24(2)3)43-39(50)35(25(4)5)44(10)29(9)41)32(52-12)23-33(47)46-21-17-20-31(46)22-27(7)38(49)42-28(8)37(48)30-18-15-14-16-19-30/h14-16,18-19,24-29,31-32,34-37,48H,13,17,20-23H2,1-12H3,(H,42,49)(H,43,50)/t26-,27+,28+,29?,31-,32+,34-,35-,36-,37+/m0/s1. The van der Waals surface area contributed by atoms with Crippen LogP contribution >= 0.6 is 22.6 Å². The molecule has 1 aromatic rings. The lowest BCUT2D eigenvalue weighted by Gasteiger charge is -2.41. The van der Waals surface area contributed by atoms with E-state index < -0.39 is 36.4 Å². The van der Waals surface area contributed by atoms with E-state index in [1.807, 2.05) is 88.7 Å². The molecular formula is C40H68IN5O6. The van der Waals surface area contributed by atoms with E-state index in [1.54, 1.807) is 26.0 Å². The van der Waals surface area contributed by atoms with Gasteiger partial charge in [0.1, 0.15) is 6.04 Å². The van der Waals surface area contributed by atoms with E-state index in [-0.39, 0.29) is 63.8 Å². The van der Waals surface area contributed by atoms with Gasteiger partial charge in [0.15, 0.2) is 0 Å². The Hall–Kier alpha value is -2.29. The Kier molecular flexibility index (Phi) is 19.0. The van der Waals surface area contributed by atoms with E-state index in [0.29, 0.717) is 13.0 Å². The first kappa shape index (κ1) is 45.9. The summed E-state index contributed by atoms with van der Waals surface area (Å²) in [5.41, 5.74) is 0.740. The van der Waals surface area contributed by atoms with Crippen molar-refractivity contribution in [2.45, 2.75) is 141 Å². The van der Waals surface area contributed by atoms with E-state index in [0.717, 1.165) is 24.8 Å². The van der Waals surface area contributed by atoms with Gasteiger partial charge in [-0.2, -0.15) is 0 Å². The first-order chi connectivity index (χ1) is 24.4. The molecule has 1 fully saturated rings. The SMILES string of the molecule is CC[C@H](C)[C@@H]([C@@H](CC(=O)N1CCC[C@H]1C[C@@H](C)C(=O)N[C@H](C)[C@@H](O)c1ccccc1)OC)N(C)C(=O)[C@@H](NC(=O)[C@H](C(C)C)N(C)C(C)I)C(C)C. The number of nitrogens with zero attached hydrogens (tertiary/aromatic N) is 3. The Morgan fingerprint density at radius 3 is 2.10 bits per heavy atom. The van der Waals surface area contributed by atoms with Crippen molar-refractivity contribution in [3.63, 3.8) is 0 Å². The molecule has 52 heavy (non-hydrogen) atoms. The van der Waals surface area contributed by atoms with Gasteiger partial charge in [-0.3, -0.25) is 24.1 Å². The summed E-state index contributed by atoms with van der Waals surface area (Å²) in [6, 6.07) is 7.14. The topological polar surface area (TPSA) is 132 Å². The maximum absolute atomic E-state index is 14.3. The lowest BCUT2D eigenvalue weighted by Crippen LogP contribution is -2.60. The molecule has 0 saturated carbocycles. The fourth-order valence-corrected chi connectivity index (χ4v) is 7.82. The van der Waals surface area contributed by atoms with Gasteiger partial charge in [0, 0.05) is 32.7 Å². The Balaban J connectivity index is 2.18. The van der Waals surface area contributed by atoms with E-state index >= 15 is 0 Å². The number of amides is 4. The molecule has 0 aliphatic carbocycles. The molecule has 1 saturated heterocycles. The van der Waals surface area contributed by atoms with Gasteiger partial charge in [-0.15, -0.1) is 0 Å². The number of alkyl halides is 1. The quantitative estimate of drug-likeness (QED) is 0.0912. The predicted octanol–water partition coefficient (Wildman–Crippen LogP) is 5.40. The summed E-state index contributed by atoms with van der Waals surface area (Å²) in [6.45, 7) is 18.3. The first-order valence-electron chi connectivity index (χ1n) is 19.2. The normalized spacial score (nSPS) is 20.1. The van der Waals surface area contributed by atoms with Crippen LogP contribution in [0.4, 0.5) is 0 Å². The van der Waals surface area contributed by atoms with Crippen molar-refractivity contribution < 1.29 is 29.0 Å². The molecule has 0 spiro atoms. The highest BCUT2D eigenvalue weighted by molar-refractivity contribution is 14.1. The highest BCUT2D eigenvalue weighted by Crippen LogP contribution is 2.29. The van der Waals surface area contributed by atoms with Crippen LogP contribution in [-0.4, -0.2) is 112 Å². The van der Waals surface area contributed by atoms with Gasteiger partial charge >= 0.3 is 0 Å². The number of nitrogens with one attached hydrogen (secondary N) is 2. The Bertz CT molecular complexity index is 1280. The number of carbonyl (C=O) groups excluding carboxylic acids is 4. The number of hydrogen-bond acceptors (Lipinski definition) is 7. The molecule has 1 aromatic carbocycles. The van der Waals surface area contributed by atoms with Crippen LogP contribution in [0.5, 0.6) is 0 Å². The first-order valence-corrected chi connectivity index (χ1v) is 20.4. The highest BCUT2D eigenvalue weighted by Gasteiger charge is 2.41. The molecule has 12 heteroatoms. The molecule has 1 aliphatic heterocycles. The Morgan fingerprint density at radius 1 is 0.962 bits per heavy atom. The van der Waals surface area contributed by atoms with Crippen LogP contribution in [0.2, 0.25) is 0 Å². The molecule has 3 N–H and O–H groups in total. The zero-order chi connectivity index (χ0) is 39.4. The number of ether oxygens (including phenoxy) is 1. The highest BCUT2D eigenvalue weighted by atomic mass is 127. The van der Waals surface area contributed by atoms with Crippen LogP contribution < -0.4 is 10.6 Å². The fraction of sp³-hybridized carbons (Fsp3) is 0.750. The van der Waals surface area contributed by atoms with E-state index in [2.05, 4.69) is 47.1 Å². The molecule has 1 unspecified atom stereocenters. The smallest absolute Gasteiger partial charge is 0.245 e. The summed E-state index contributed by atoms with van der Waals surface area (Å²) in [5.74, 6) is -1.08. The minimum absolute atomic E-state index is 0.0101. The van der Waals surface area contributed by atoms with Crippen molar-refractivity contribution >= 4 is 46.2 Å². The Labute approximate surface area is 327 Å². The summed E-state index contributed by atoms with van der Waals surface area (Å²) in [6.07, 6.45) is 1.61. The lowest BCUT2D eigenvalue weighted by atomic mass is 9.89. The predicted molar refractivity (Wildman–Crippen MR) is 216 cm³/mol. The average Bonchev–Trinajstić information content (AvgIpc) is 3.57. The number of rotatable bonds is 20. The third-order valence-electron chi connectivity index (χ3n) is 11.0. The molecule has 2 rings (SSSR count). The monoisotopic (exact) mass is 841 g/mol. The van der Waals surface area contributed by atoms with Gasteiger partial charge < -0.3 is 30.3 Å². The number of likely N-dealkylation sites (tertiary alicyclic amines) is 1. The molecule has 4 amide bonds. The van der Waals surface area contributed by atoms with Gasteiger partial charge in [0.2, 0.25) is 23.6 Å². The number of benzene rings is 1. The average molecular weight is 842 g/mol. The second-order valence-electron chi connectivity index (χ2n) is 15.6. The van der Waals surface area contributed by atoms with Crippen molar-refractivity contribution in [3.8, 4) is 0 Å². The molecule has 0 radical (unpaired) electrons. The maximum atomic E-state index is 14.3. The third kappa shape index (κ3) is 12.4. The summed E-state index contributed by atoms with van der Waals surface area (Å²) in [5, 5.41) is 16.8. The van der Waals surface area contributed by atoms with E-state index in [1.165, 1.54) is 0 Å². The van der Waals surface area contributed by atoms with E-state index in [4.69, 9.17) is 4.74 Å². The molecule has 296 valence electrons. The number of aliphatic hydroxyl groups excluding tert-OH is 1. The lowest BCUT2D eigenvalue weighted by molar-refractivity contribution is -0.146. The van der Waals surface area contributed by atoms with Gasteiger partial charge in [0.25, 0.3) is 0 Å². The van der Waals surface area contributed by atoms with Crippen LogP contribution in [-0.2, 0) is 23.9 Å². The fourth-order valence-electron chi connectivity index (χ4n) is 7.48. The summed E-state index contributed by atoms with van der Waals surface area (Å²) in [4.78, 5) is 60.7. The van der Waals surface area contributed by atoms with E-state index in [9.17, 15) is 24.3 Å². The zero-order valence-corrected chi connectivity index (χ0v) is 35.9. The van der Waals surface area contributed by atoms with Crippen LogP contribution in [0.1, 0.15) is 106 Å². The molecule has 1 aliphatic rings. The van der Waals surface area contributed by atoms with Gasteiger partial charge in [-0.05, 0) is 63.5 Å². The minimum atomic E-state index is -0.827. The summed E-state index contributed by atoms with van der Waals surface area (Å²) in [7, 11) is 5.27. The van der Waals surface area contributed by atoms with Crippen molar-refractivity contribution in [2.24, 2.45) is 23.7 Å². The number of methoxy groups -OCH3 is 1. The van der Waals surface area contributed by atoms with Crippen LogP contribution in [0, 0.1) is 23.7 Å². The third-order valence-corrected chi connectivity index (χ3v) is 11.8. The number of aliphatic hydroxyl groups is 1. The largest absolute Gasteiger partial charge is 0.386 e. The molecule has 0 aromatic heterocycles. The molecular weight excluding hydrogens is 773 g/mol. The second kappa shape index (κ2) is 21.6. The van der Waals surface area contributed by atoms with Crippen LogP contribution in [0.3, 0.4) is 0 Å². The number of likely N-dealkylation sites (N-methyl/N-ethyl adjacent to an activating group) is 2. The van der Waals surface area contributed by atoms with Gasteiger partial charge in [-0.25, -0.2) is 0 Å². The zero-order valence-electron chi connectivity index (χ0n) is 33.8. The van der Waals surface area contributed by atoms with Crippen molar-refractivity contribution in [1.82, 2.24) is 25.3 Å². The minimum Gasteiger partial charge on any atom is -0.386 e.